The van der Waals surface area contributed by atoms with Gasteiger partial charge in [-0.1, -0.05) is 18.8 Å². The summed E-state index contributed by atoms with van der Waals surface area (Å²) >= 11 is 1.75. The van der Waals surface area contributed by atoms with Gasteiger partial charge in [0.25, 0.3) is 0 Å². The van der Waals surface area contributed by atoms with Gasteiger partial charge in [0.1, 0.15) is 0 Å². The lowest BCUT2D eigenvalue weighted by atomic mass is 10.3. The summed E-state index contributed by atoms with van der Waals surface area (Å²) in [6, 6.07) is 2.14. The smallest absolute Gasteiger partial charge is 0.0589 e. The average molecular weight is 252 g/mol. The summed E-state index contributed by atoms with van der Waals surface area (Å²) in [7, 11) is 1.74. The zero-order valence-electron chi connectivity index (χ0n) is 10.5. The molecule has 1 rings (SSSR count). The van der Waals surface area contributed by atoms with Crippen molar-refractivity contribution in [2.24, 2.45) is 5.73 Å². The molecule has 0 aromatic carbocycles. The Hall–Kier alpha value is -0.860. The van der Waals surface area contributed by atoms with E-state index >= 15 is 0 Å². The molecule has 4 heteroatoms. The van der Waals surface area contributed by atoms with Crippen molar-refractivity contribution < 1.29 is 4.74 Å². The molecule has 17 heavy (non-hydrogen) atoms. The fourth-order valence-electron chi connectivity index (χ4n) is 1.47. The molecule has 1 aromatic heterocycles. The van der Waals surface area contributed by atoms with Gasteiger partial charge in [-0.05, 0) is 12.6 Å². The van der Waals surface area contributed by atoms with Crippen LogP contribution in [0.4, 0.5) is 0 Å². The van der Waals surface area contributed by atoms with Crippen LogP contribution < -0.4 is 5.73 Å². The molecule has 0 bridgehead atoms. The maximum Gasteiger partial charge on any atom is 0.0589 e. The molecule has 94 valence electrons. The van der Waals surface area contributed by atoms with Gasteiger partial charge in [-0.25, -0.2) is 0 Å². The molecule has 0 aliphatic heterocycles. The van der Waals surface area contributed by atoms with Crippen molar-refractivity contribution in [1.82, 2.24) is 4.90 Å². The Morgan fingerprint density at radius 2 is 2.35 bits per heavy atom. The first-order valence-corrected chi connectivity index (χ1v) is 6.65. The SMILES string of the molecule is CCN(CCOC)Cc1cc(C#CCN)cs1. The summed E-state index contributed by atoms with van der Waals surface area (Å²) in [6.45, 7) is 6.33. The third-order valence-electron chi connectivity index (χ3n) is 2.43. The van der Waals surface area contributed by atoms with Crippen molar-refractivity contribution in [3.8, 4) is 11.8 Å². The van der Waals surface area contributed by atoms with E-state index in [1.807, 2.05) is 0 Å². The highest BCUT2D eigenvalue weighted by Gasteiger charge is 2.05. The van der Waals surface area contributed by atoms with Gasteiger partial charge >= 0.3 is 0 Å². The number of nitrogens with zero attached hydrogens (tertiary/aromatic N) is 1. The highest BCUT2D eigenvalue weighted by molar-refractivity contribution is 7.10. The standard InChI is InChI=1S/C13H20N2OS/c1-3-15(7-8-16-2)10-13-9-12(11-17-13)5-4-6-14/h9,11H,3,6-8,10,14H2,1-2H3. The number of methoxy groups -OCH3 is 1. The van der Waals surface area contributed by atoms with Gasteiger partial charge in [-0.3, -0.25) is 4.90 Å². The van der Waals surface area contributed by atoms with Crippen molar-refractivity contribution in [3.05, 3.63) is 21.9 Å². The van der Waals surface area contributed by atoms with Crippen LogP contribution >= 0.6 is 11.3 Å². The Bertz CT molecular complexity index is 378. The van der Waals surface area contributed by atoms with Crippen LogP contribution in [0.5, 0.6) is 0 Å². The predicted molar refractivity (Wildman–Crippen MR) is 73.1 cm³/mol. The van der Waals surface area contributed by atoms with Crippen LogP contribution in [0.1, 0.15) is 17.4 Å². The molecule has 1 heterocycles. The minimum absolute atomic E-state index is 0.417. The molecule has 3 nitrogen and oxygen atoms in total. The third kappa shape index (κ3) is 5.33. The molecule has 0 spiro atoms. The van der Waals surface area contributed by atoms with Crippen LogP contribution in [-0.4, -0.2) is 38.3 Å². The highest BCUT2D eigenvalue weighted by Crippen LogP contribution is 2.16. The fourth-order valence-corrected chi connectivity index (χ4v) is 2.33. The largest absolute Gasteiger partial charge is 0.383 e. The minimum Gasteiger partial charge on any atom is -0.383 e. The molecule has 0 atom stereocenters. The Kier molecular flexibility index (Phi) is 6.90. The molecule has 0 radical (unpaired) electrons. The monoisotopic (exact) mass is 252 g/mol. The average Bonchev–Trinajstić information content (AvgIpc) is 2.79. The molecule has 0 saturated heterocycles. The maximum absolute atomic E-state index is 5.35. The van der Waals surface area contributed by atoms with E-state index in [2.05, 4.69) is 35.1 Å². The Balaban J connectivity index is 2.51. The van der Waals surface area contributed by atoms with Gasteiger partial charge in [0.15, 0.2) is 0 Å². The Morgan fingerprint density at radius 3 is 3.00 bits per heavy atom. The zero-order valence-corrected chi connectivity index (χ0v) is 11.3. The lowest BCUT2D eigenvalue weighted by Gasteiger charge is -2.18. The molecule has 0 aliphatic rings. The maximum atomic E-state index is 5.35. The third-order valence-corrected chi connectivity index (χ3v) is 3.35. The van der Waals surface area contributed by atoms with Crippen molar-refractivity contribution in [1.29, 1.82) is 0 Å². The van der Waals surface area contributed by atoms with Crippen LogP contribution in [0, 0.1) is 11.8 Å². The first-order valence-electron chi connectivity index (χ1n) is 5.77. The van der Waals surface area contributed by atoms with E-state index in [4.69, 9.17) is 10.5 Å². The highest BCUT2D eigenvalue weighted by atomic mass is 32.1. The quantitative estimate of drug-likeness (QED) is 0.780. The second-order valence-electron chi connectivity index (χ2n) is 3.67. The molecule has 0 fully saturated rings. The van der Waals surface area contributed by atoms with Crippen molar-refractivity contribution in [2.45, 2.75) is 13.5 Å². The lowest BCUT2D eigenvalue weighted by Crippen LogP contribution is -2.26. The number of hydrogen-bond donors (Lipinski definition) is 1. The van der Waals surface area contributed by atoms with E-state index in [9.17, 15) is 0 Å². The normalized spacial score (nSPS) is 10.4. The molecular formula is C13H20N2OS. The van der Waals surface area contributed by atoms with E-state index in [0.717, 1.165) is 31.8 Å². The fraction of sp³-hybridized carbons (Fsp3) is 0.538. The number of nitrogens with two attached hydrogens (primary N) is 1. The van der Waals surface area contributed by atoms with Crippen LogP contribution in [0.3, 0.4) is 0 Å². The van der Waals surface area contributed by atoms with Crippen LogP contribution in [0.2, 0.25) is 0 Å². The van der Waals surface area contributed by atoms with E-state index in [0.29, 0.717) is 6.54 Å². The summed E-state index contributed by atoms with van der Waals surface area (Å²) in [5.41, 5.74) is 6.42. The minimum atomic E-state index is 0.417. The molecule has 0 aliphatic carbocycles. The van der Waals surface area contributed by atoms with Gasteiger partial charge in [0.05, 0.1) is 13.2 Å². The van der Waals surface area contributed by atoms with Crippen molar-refractivity contribution >= 4 is 11.3 Å². The number of thiophene rings is 1. The molecule has 0 saturated carbocycles. The summed E-state index contributed by atoms with van der Waals surface area (Å²) in [4.78, 5) is 3.69. The summed E-state index contributed by atoms with van der Waals surface area (Å²) in [5.74, 6) is 5.92. The summed E-state index contributed by atoms with van der Waals surface area (Å²) < 4.78 is 5.10. The second-order valence-corrected chi connectivity index (χ2v) is 4.66. The molecule has 1 aromatic rings. The molecule has 0 unspecified atom stereocenters. The van der Waals surface area contributed by atoms with Gasteiger partial charge < -0.3 is 10.5 Å². The van der Waals surface area contributed by atoms with Gasteiger partial charge in [0.2, 0.25) is 0 Å². The number of hydrogen-bond acceptors (Lipinski definition) is 4. The second kappa shape index (κ2) is 8.26. The Labute approximate surface area is 108 Å². The molecular weight excluding hydrogens is 232 g/mol. The van der Waals surface area contributed by atoms with Crippen molar-refractivity contribution in [3.63, 3.8) is 0 Å². The topological polar surface area (TPSA) is 38.5 Å². The van der Waals surface area contributed by atoms with Gasteiger partial charge in [-0.15, -0.1) is 11.3 Å². The van der Waals surface area contributed by atoms with Gasteiger partial charge in [0, 0.05) is 36.0 Å². The van der Waals surface area contributed by atoms with E-state index in [1.165, 1.54) is 4.88 Å². The van der Waals surface area contributed by atoms with Crippen LogP contribution in [0.25, 0.3) is 0 Å². The van der Waals surface area contributed by atoms with Crippen LogP contribution in [0.15, 0.2) is 11.4 Å². The first-order chi connectivity index (χ1) is 8.30. The van der Waals surface area contributed by atoms with E-state index < -0.39 is 0 Å². The lowest BCUT2D eigenvalue weighted by molar-refractivity contribution is 0.148. The number of ether oxygens (including phenoxy) is 1. The Morgan fingerprint density at radius 1 is 1.53 bits per heavy atom. The van der Waals surface area contributed by atoms with Crippen LogP contribution in [-0.2, 0) is 11.3 Å². The van der Waals surface area contributed by atoms with E-state index in [-0.39, 0.29) is 0 Å². The first kappa shape index (κ1) is 14.2. The predicted octanol–water partition coefficient (Wildman–Crippen LogP) is 1.53. The summed E-state index contributed by atoms with van der Waals surface area (Å²) in [6.07, 6.45) is 0. The summed E-state index contributed by atoms with van der Waals surface area (Å²) in [5, 5.41) is 2.09. The zero-order chi connectivity index (χ0) is 12.5. The molecule has 2 N–H and O–H groups in total. The number of rotatable bonds is 6. The van der Waals surface area contributed by atoms with Crippen molar-refractivity contribution in [2.75, 3.05) is 33.4 Å². The molecule has 0 amide bonds. The van der Waals surface area contributed by atoms with E-state index in [1.54, 1.807) is 18.4 Å². The van der Waals surface area contributed by atoms with Gasteiger partial charge in [-0.2, -0.15) is 0 Å². The number of likely N-dealkylation sites (N-methyl/N-ethyl adjacent to an activating group) is 1.